The second-order valence-corrected chi connectivity index (χ2v) is 8.77. The van der Waals surface area contributed by atoms with Crippen molar-refractivity contribution in [2.24, 2.45) is 0 Å². The highest BCUT2D eigenvalue weighted by Crippen LogP contribution is 2.31. The van der Waals surface area contributed by atoms with Crippen molar-refractivity contribution in [2.75, 3.05) is 0 Å². The number of rotatable bonds is 4. The number of nitrogens with zero attached hydrogens (tertiary/aromatic N) is 2. The van der Waals surface area contributed by atoms with Gasteiger partial charge in [-0.05, 0) is 59.2 Å². The lowest BCUT2D eigenvalue weighted by Crippen LogP contribution is -2.10. The molecule has 2 nitrogen and oxygen atoms in total. The summed E-state index contributed by atoms with van der Waals surface area (Å²) in [5, 5.41) is 1.22. The maximum atomic E-state index is 4.89. The molecular weight excluding hydrogens is 352 g/mol. The normalized spacial score (nSPS) is 11.9. The number of fused-ring (bicyclic) bond motifs is 1. The van der Waals surface area contributed by atoms with Crippen LogP contribution in [0.4, 0.5) is 0 Å². The molecule has 2 heterocycles. The molecule has 2 aromatic heterocycles. The molecule has 0 saturated carbocycles. The fraction of sp³-hybridized carbons (Fsp3) is 0.296. The van der Waals surface area contributed by atoms with E-state index in [1.54, 1.807) is 0 Å². The molecule has 4 aromatic rings. The lowest BCUT2D eigenvalue weighted by molar-refractivity contribution is 0.590. The van der Waals surface area contributed by atoms with Gasteiger partial charge in [-0.2, -0.15) is 0 Å². The van der Waals surface area contributed by atoms with E-state index in [2.05, 4.69) is 100.0 Å². The predicted octanol–water partition coefficient (Wildman–Crippen LogP) is 7.11. The van der Waals surface area contributed by atoms with Crippen LogP contribution in [0.25, 0.3) is 27.8 Å². The average Bonchev–Trinajstić information content (AvgIpc) is 3.15. The molecule has 0 bridgehead atoms. The third kappa shape index (κ3) is 3.60. The Kier molecular flexibility index (Phi) is 5.04. The van der Waals surface area contributed by atoms with Gasteiger partial charge in [-0.25, -0.2) is 0 Å². The minimum absolute atomic E-state index is 0.164. The molecule has 0 fully saturated rings. The van der Waals surface area contributed by atoms with Crippen LogP contribution < -0.4 is 0 Å². The van der Waals surface area contributed by atoms with Crippen molar-refractivity contribution in [3.8, 4) is 16.9 Å². The monoisotopic (exact) mass is 382 g/mol. The van der Waals surface area contributed by atoms with Crippen molar-refractivity contribution in [2.45, 2.75) is 52.9 Å². The van der Waals surface area contributed by atoms with Crippen LogP contribution in [-0.2, 0) is 18.3 Å². The lowest BCUT2D eigenvalue weighted by atomic mass is 9.87. The van der Waals surface area contributed by atoms with Gasteiger partial charge in [0.1, 0.15) is 0 Å². The van der Waals surface area contributed by atoms with Crippen molar-refractivity contribution in [3.05, 3.63) is 83.7 Å². The Morgan fingerprint density at radius 3 is 2.10 bits per heavy atom. The van der Waals surface area contributed by atoms with Crippen LogP contribution in [0.15, 0.2) is 67.0 Å². The van der Waals surface area contributed by atoms with Gasteiger partial charge in [0.05, 0.1) is 17.4 Å². The molecule has 0 saturated heterocycles. The van der Waals surface area contributed by atoms with Crippen LogP contribution in [0.1, 0.15) is 51.3 Å². The van der Waals surface area contributed by atoms with Crippen LogP contribution in [0.3, 0.4) is 0 Å². The third-order valence-corrected chi connectivity index (χ3v) is 5.84. The molecule has 0 spiro atoms. The van der Waals surface area contributed by atoms with Crippen LogP contribution in [-0.4, -0.2) is 9.55 Å². The molecule has 4 rings (SSSR count). The summed E-state index contributed by atoms with van der Waals surface area (Å²) in [6.07, 6.45) is 6.21. The highest BCUT2D eigenvalue weighted by Gasteiger charge is 2.15. The fourth-order valence-corrected chi connectivity index (χ4v) is 4.09. The van der Waals surface area contributed by atoms with Crippen LogP contribution >= 0.6 is 0 Å². The number of aryl methyl sites for hydroxylation is 2. The zero-order valence-electron chi connectivity index (χ0n) is 18.2. The Labute approximate surface area is 174 Å². The largest absolute Gasteiger partial charge is 0.315 e. The third-order valence-electron chi connectivity index (χ3n) is 5.84. The van der Waals surface area contributed by atoms with E-state index in [0.29, 0.717) is 0 Å². The molecule has 29 heavy (non-hydrogen) atoms. The number of hydrogen-bond acceptors (Lipinski definition) is 1. The van der Waals surface area contributed by atoms with Crippen molar-refractivity contribution >= 4 is 10.9 Å². The summed E-state index contributed by atoms with van der Waals surface area (Å²) in [4.78, 5) is 4.89. The molecule has 2 heteroatoms. The maximum Gasteiger partial charge on any atom is 0.0715 e. The Hall–Kier alpha value is -2.87. The van der Waals surface area contributed by atoms with Gasteiger partial charge in [0.25, 0.3) is 0 Å². The molecule has 0 atom stereocenters. The second kappa shape index (κ2) is 7.51. The Balaban J connectivity index is 1.78. The predicted molar refractivity (Wildman–Crippen MR) is 124 cm³/mol. The number of hydrogen-bond donors (Lipinski definition) is 0. The molecule has 0 aliphatic carbocycles. The van der Waals surface area contributed by atoms with E-state index in [9.17, 15) is 0 Å². The number of aromatic nitrogens is 2. The number of pyridine rings is 1. The highest BCUT2D eigenvalue weighted by atomic mass is 15.0. The van der Waals surface area contributed by atoms with Gasteiger partial charge < -0.3 is 4.57 Å². The number of benzene rings is 2. The summed E-state index contributed by atoms with van der Waals surface area (Å²) in [5.74, 6) is 0. The van der Waals surface area contributed by atoms with Crippen LogP contribution in [0.2, 0.25) is 0 Å². The van der Waals surface area contributed by atoms with Crippen molar-refractivity contribution in [3.63, 3.8) is 0 Å². The lowest BCUT2D eigenvalue weighted by Gasteiger charge is -2.19. The van der Waals surface area contributed by atoms with E-state index in [-0.39, 0.29) is 5.41 Å². The second-order valence-electron chi connectivity index (χ2n) is 8.77. The van der Waals surface area contributed by atoms with Crippen molar-refractivity contribution in [1.29, 1.82) is 0 Å². The van der Waals surface area contributed by atoms with Gasteiger partial charge in [-0.1, -0.05) is 65.0 Å². The first-order valence-corrected chi connectivity index (χ1v) is 10.6. The summed E-state index contributed by atoms with van der Waals surface area (Å²) >= 11 is 0. The van der Waals surface area contributed by atoms with Gasteiger partial charge in [-0.15, -0.1) is 0 Å². The molecular formula is C27H30N2. The Morgan fingerprint density at radius 1 is 0.862 bits per heavy atom. The average molecular weight is 383 g/mol. The standard InChI is InChI=1S/C27H30N2/c1-6-19-9-8-10-20(7-2)26(19)24-17-21-15-16-29(25(21)18-28-24)23-13-11-22(12-14-23)27(3,4)5/h8-18H,6-7H2,1-5H3. The van der Waals surface area contributed by atoms with Crippen molar-refractivity contribution < 1.29 is 0 Å². The van der Waals surface area contributed by atoms with Gasteiger partial charge in [0, 0.05) is 22.8 Å². The van der Waals surface area contributed by atoms with E-state index in [0.717, 1.165) is 24.1 Å². The maximum absolute atomic E-state index is 4.89. The smallest absolute Gasteiger partial charge is 0.0715 e. The molecule has 2 aromatic carbocycles. The van der Waals surface area contributed by atoms with E-state index in [1.165, 1.54) is 33.3 Å². The summed E-state index contributed by atoms with van der Waals surface area (Å²) in [6, 6.07) is 19.9. The first kappa shape index (κ1) is 19.4. The summed E-state index contributed by atoms with van der Waals surface area (Å²) in [6.45, 7) is 11.2. The summed E-state index contributed by atoms with van der Waals surface area (Å²) in [7, 11) is 0. The molecule has 0 amide bonds. The SMILES string of the molecule is CCc1cccc(CC)c1-c1cc2ccn(-c3ccc(C(C)(C)C)cc3)c2cn1. The Morgan fingerprint density at radius 2 is 1.52 bits per heavy atom. The molecule has 0 unspecified atom stereocenters. The zero-order chi connectivity index (χ0) is 20.6. The summed E-state index contributed by atoms with van der Waals surface area (Å²) < 4.78 is 2.23. The quantitative estimate of drug-likeness (QED) is 0.367. The van der Waals surface area contributed by atoms with Crippen LogP contribution in [0.5, 0.6) is 0 Å². The van der Waals surface area contributed by atoms with Crippen LogP contribution in [0, 0.1) is 0 Å². The molecule has 0 aliphatic heterocycles. The van der Waals surface area contributed by atoms with Gasteiger partial charge in [0.2, 0.25) is 0 Å². The first-order valence-electron chi connectivity index (χ1n) is 10.6. The van der Waals surface area contributed by atoms with E-state index in [4.69, 9.17) is 4.98 Å². The summed E-state index contributed by atoms with van der Waals surface area (Å²) in [5.41, 5.74) is 8.95. The minimum Gasteiger partial charge on any atom is -0.315 e. The zero-order valence-corrected chi connectivity index (χ0v) is 18.2. The molecule has 0 N–H and O–H groups in total. The van der Waals surface area contributed by atoms with Gasteiger partial charge in [0.15, 0.2) is 0 Å². The Bertz CT molecular complexity index is 1120. The van der Waals surface area contributed by atoms with E-state index < -0.39 is 0 Å². The highest BCUT2D eigenvalue weighted by molar-refractivity contribution is 5.86. The van der Waals surface area contributed by atoms with E-state index >= 15 is 0 Å². The van der Waals surface area contributed by atoms with Gasteiger partial charge >= 0.3 is 0 Å². The van der Waals surface area contributed by atoms with Gasteiger partial charge in [-0.3, -0.25) is 4.98 Å². The van der Waals surface area contributed by atoms with E-state index in [1.807, 2.05) is 6.20 Å². The molecule has 0 aliphatic rings. The topological polar surface area (TPSA) is 17.8 Å². The fourth-order valence-electron chi connectivity index (χ4n) is 4.09. The minimum atomic E-state index is 0.164. The first-order chi connectivity index (χ1) is 13.9. The van der Waals surface area contributed by atoms with Crippen molar-refractivity contribution in [1.82, 2.24) is 9.55 Å². The molecule has 148 valence electrons. The molecule has 0 radical (unpaired) electrons.